The second-order valence-corrected chi connectivity index (χ2v) is 6.17. The maximum atomic E-state index is 12.4. The van der Waals surface area contributed by atoms with Gasteiger partial charge in [0.15, 0.2) is 0 Å². The largest absolute Gasteiger partial charge is 0.339 e. The highest BCUT2D eigenvalue weighted by Gasteiger charge is 2.23. The molecule has 1 aromatic heterocycles. The van der Waals surface area contributed by atoms with Crippen molar-refractivity contribution in [3.05, 3.63) is 60.4 Å². The van der Waals surface area contributed by atoms with Crippen LogP contribution in [0.1, 0.15) is 23.2 Å². The summed E-state index contributed by atoms with van der Waals surface area (Å²) < 4.78 is 0. The number of anilines is 1. The molecule has 2 heterocycles. The quantitative estimate of drug-likeness (QED) is 0.900. The van der Waals surface area contributed by atoms with Gasteiger partial charge in [-0.3, -0.25) is 9.78 Å². The molecule has 0 spiro atoms. The van der Waals surface area contributed by atoms with Crippen molar-refractivity contribution in [3.8, 4) is 0 Å². The number of carbonyl (C=O) groups is 2. The van der Waals surface area contributed by atoms with Crippen molar-refractivity contribution < 1.29 is 9.59 Å². The zero-order chi connectivity index (χ0) is 17.5. The maximum Gasteiger partial charge on any atom is 0.319 e. The lowest BCUT2D eigenvalue weighted by Gasteiger charge is -2.32. The molecule has 0 saturated carbocycles. The van der Waals surface area contributed by atoms with Crippen molar-refractivity contribution in [2.75, 3.05) is 25.0 Å². The Morgan fingerprint density at radius 1 is 1.04 bits per heavy atom. The van der Waals surface area contributed by atoms with Crippen LogP contribution in [0.3, 0.4) is 0 Å². The van der Waals surface area contributed by atoms with Gasteiger partial charge in [0.2, 0.25) is 0 Å². The van der Waals surface area contributed by atoms with Gasteiger partial charge in [-0.2, -0.15) is 0 Å². The van der Waals surface area contributed by atoms with Crippen molar-refractivity contribution in [2.24, 2.45) is 5.92 Å². The van der Waals surface area contributed by atoms with Gasteiger partial charge in [0.1, 0.15) is 0 Å². The average molecular weight is 338 g/mol. The van der Waals surface area contributed by atoms with Crippen LogP contribution in [-0.4, -0.2) is 41.5 Å². The summed E-state index contributed by atoms with van der Waals surface area (Å²) >= 11 is 0. The number of para-hydroxylation sites is 1. The summed E-state index contributed by atoms with van der Waals surface area (Å²) in [5.74, 6) is 0.443. The van der Waals surface area contributed by atoms with Crippen LogP contribution in [0.5, 0.6) is 0 Å². The van der Waals surface area contributed by atoms with E-state index in [0.29, 0.717) is 31.1 Å². The molecule has 1 aliphatic heterocycles. The van der Waals surface area contributed by atoms with E-state index in [1.165, 1.54) is 0 Å². The van der Waals surface area contributed by atoms with E-state index in [-0.39, 0.29) is 11.9 Å². The number of urea groups is 1. The second-order valence-electron chi connectivity index (χ2n) is 6.17. The van der Waals surface area contributed by atoms with Crippen molar-refractivity contribution in [2.45, 2.75) is 12.8 Å². The number of hydrogen-bond donors (Lipinski definition) is 2. The highest BCUT2D eigenvalue weighted by atomic mass is 16.2. The van der Waals surface area contributed by atoms with Gasteiger partial charge in [-0.15, -0.1) is 0 Å². The number of hydrogen-bond acceptors (Lipinski definition) is 3. The first-order valence-electron chi connectivity index (χ1n) is 8.51. The van der Waals surface area contributed by atoms with Gasteiger partial charge < -0.3 is 15.5 Å². The van der Waals surface area contributed by atoms with Crippen LogP contribution in [0.15, 0.2) is 54.9 Å². The normalized spacial score (nSPS) is 14.8. The molecule has 0 bridgehead atoms. The number of piperidine rings is 1. The van der Waals surface area contributed by atoms with Gasteiger partial charge in [-0.1, -0.05) is 18.2 Å². The summed E-state index contributed by atoms with van der Waals surface area (Å²) in [6.07, 6.45) is 5.05. The molecule has 130 valence electrons. The molecule has 3 rings (SSSR count). The Morgan fingerprint density at radius 3 is 2.40 bits per heavy atom. The predicted molar refractivity (Wildman–Crippen MR) is 96.3 cm³/mol. The summed E-state index contributed by atoms with van der Waals surface area (Å²) in [6.45, 7) is 2.05. The van der Waals surface area contributed by atoms with Crippen molar-refractivity contribution in [1.82, 2.24) is 15.2 Å². The molecule has 2 aromatic rings. The summed E-state index contributed by atoms with van der Waals surface area (Å²) in [5, 5.41) is 5.72. The smallest absolute Gasteiger partial charge is 0.319 e. The Bertz CT molecular complexity index is 698. The van der Waals surface area contributed by atoms with Crippen LogP contribution in [-0.2, 0) is 0 Å². The highest BCUT2D eigenvalue weighted by molar-refractivity contribution is 5.94. The van der Waals surface area contributed by atoms with Gasteiger partial charge in [-0.25, -0.2) is 4.79 Å². The Labute approximate surface area is 147 Å². The lowest BCUT2D eigenvalue weighted by atomic mass is 9.96. The van der Waals surface area contributed by atoms with Crippen LogP contribution in [0.2, 0.25) is 0 Å². The van der Waals surface area contributed by atoms with E-state index in [4.69, 9.17) is 0 Å². The Hall–Kier alpha value is -2.89. The van der Waals surface area contributed by atoms with Gasteiger partial charge in [0.05, 0.1) is 0 Å². The molecule has 6 heteroatoms. The summed E-state index contributed by atoms with van der Waals surface area (Å²) in [4.78, 5) is 30.1. The number of amides is 3. The molecule has 1 saturated heterocycles. The third kappa shape index (κ3) is 4.79. The predicted octanol–water partition coefficient (Wildman–Crippen LogP) is 2.76. The highest BCUT2D eigenvalue weighted by Crippen LogP contribution is 2.18. The first-order chi connectivity index (χ1) is 12.2. The van der Waals surface area contributed by atoms with E-state index in [0.717, 1.165) is 18.5 Å². The van der Waals surface area contributed by atoms with E-state index in [1.807, 2.05) is 35.2 Å². The number of aromatic nitrogens is 1. The van der Waals surface area contributed by atoms with Crippen LogP contribution in [0, 0.1) is 5.92 Å². The molecule has 0 unspecified atom stereocenters. The van der Waals surface area contributed by atoms with Crippen LogP contribution in [0.4, 0.5) is 10.5 Å². The molecule has 1 aliphatic rings. The molecule has 0 atom stereocenters. The third-order valence-corrected chi connectivity index (χ3v) is 4.41. The third-order valence-electron chi connectivity index (χ3n) is 4.41. The Balaban J connectivity index is 1.41. The molecule has 6 nitrogen and oxygen atoms in total. The fourth-order valence-corrected chi connectivity index (χ4v) is 2.95. The lowest BCUT2D eigenvalue weighted by Crippen LogP contribution is -2.42. The molecule has 1 fully saturated rings. The zero-order valence-electron chi connectivity index (χ0n) is 14.0. The molecule has 0 aliphatic carbocycles. The zero-order valence-corrected chi connectivity index (χ0v) is 14.0. The molecular weight excluding hydrogens is 316 g/mol. The Morgan fingerprint density at radius 2 is 1.72 bits per heavy atom. The van der Waals surface area contributed by atoms with Crippen molar-refractivity contribution in [3.63, 3.8) is 0 Å². The van der Waals surface area contributed by atoms with Gasteiger partial charge in [-0.05, 0) is 43.0 Å². The average Bonchev–Trinajstić information content (AvgIpc) is 2.68. The number of rotatable bonds is 4. The first kappa shape index (κ1) is 17.0. The Kier molecular flexibility index (Phi) is 5.61. The minimum atomic E-state index is -0.193. The van der Waals surface area contributed by atoms with E-state index in [2.05, 4.69) is 15.6 Å². The van der Waals surface area contributed by atoms with E-state index in [9.17, 15) is 9.59 Å². The molecule has 2 N–H and O–H groups in total. The van der Waals surface area contributed by atoms with Crippen LogP contribution in [0.25, 0.3) is 0 Å². The molecular formula is C19H22N4O2. The minimum absolute atomic E-state index is 0.0515. The maximum absolute atomic E-state index is 12.4. The standard InChI is InChI=1S/C19H22N4O2/c24-18(16-6-10-20-11-7-16)23-12-8-15(9-13-23)14-21-19(25)22-17-4-2-1-3-5-17/h1-7,10-11,15H,8-9,12-14H2,(H2,21,22,25). The van der Waals surface area contributed by atoms with Crippen molar-refractivity contribution in [1.29, 1.82) is 0 Å². The summed E-state index contributed by atoms with van der Waals surface area (Å²) in [7, 11) is 0. The number of nitrogens with one attached hydrogen (secondary N) is 2. The molecule has 1 aromatic carbocycles. The van der Waals surface area contributed by atoms with Gasteiger partial charge in [0, 0.05) is 43.3 Å². The topological polar surface area (TPSA) is 74.3 Å². The lowest BCUT2D eigenvalue weighted by molar-refractivity contribution is 0.0690. The number of carbonyl (C=O) groups excluding carboxylic acids is 2. The SMILES string of the molecule is O=C(NCC1CCN(C(=O)c2ccncc2)CC1)Nc1ccccc1. The molecule has 25 heavy (non-hydrogen) atoms. The molecule has 3 amide bonds. The minimum Gasteiger partial charge on any atom is -0.339 e. The number of likely N-dealkylation sites (tertiary alicyclic amines) is 1. The van der Waals surface area contributed by atoms with Gasteiger partial charge in [0.25, 0.3) is 5.91 Å². The van der Waals surface area contributed by atoms with Crippen molar-refractivity contribution >= 4 is 17.6 Å². The fourth-order valence-electron chi connectivity index (χ4n) is 2.95. The number of benzene rings is 1. The van der Waals surface area contributed by atoms with E-state index in [1.54, 1.807) is 24.5 Å². The number of nitrogens with zero attached hydrogens (tertiary/aromatic N) is 2. The summed E-state index contributed by atoms with van der Waals surface area (Å²) in [5.41, 5.74) is 1.45. The summed E-state index contributed by atoms with van der Waals surface area (Å²) in [6, 6.07) is 12.7. The van der Waals surface area contributed by atoms with Crippen LogP contribution < -0.4 is 10.6 Å². The van der Waals surface area contributed by atoms with Crippen LogP contribution >= 0.6 is 0 Å². The number of pyridine rings is 1. The first-order valence-corrected chi connectivity index (χ1v) is 8.51. The van der Waals surface area contributed by atoms with Gasteiger partial charge >= 0.3 is 6.03 Å². The second kappa shape index (κ2) is 8.28. The fraction of sp³-hybridized carbons (Fsp3) is 0.316. The van der Waals surface area contributed by atoms with E-state index >= 15 is 0 Å². The monoisotopic (exact) mass is 338 g/mol. The molecule has 0 radical (unpaired) electrons. The van der Waals surface area contributed by atoms with E-state index < -0.39 is 0 Å².